The summed E-state index contributed by atoms with van der Waals surface area (Å²) in [4.78, 5) is 24.8. The zero-order chi connectivity index (χ0) is 11.0. The highest BCUT2D eigenvalue weighted by Gasteiger charge is 2.10. The van der Waals surface area contributed by atoms with Gasteiger partial charge in [-0.15, -0.1) is 0 Å². The lowest BCUT2D eigenvalue weighted by molar-refractivity contribution is -0.117. The lowest BCUT2D eigenvalue weighted by Gasteiger charge is -2.23. The van der Waals surface area contributed by atoms with Crippen LogP contribution in [0.2, 0.25) is 0 Å². The Kier molecular flexibility index (Phi) is 6.53. The molecule has 1 N–H and O–H groups in total. The van der Waals surface area contributed by atoms with Crippen LogP contribution >= 0.6 is 0 Å². The van der Waals surface area contributed by atoms with Gasteiger partial charge in [0.1, 0.15) is 0 Å². The summed E-state index contributed by atoms with van der Waals surface area (Å²) in [5.41, 5.74) is 0. The molecule has 0 atom stereocenters. The topological polar surface area (TPSA) is 52.7 Å². The number of hydrogen-bond donors (Lipinski definition) is 1. The maximum absolute atomic E-state index is 11.3. The molecule has 0 aliphatic rings. The van der Waals surface area contributed by atoms with Gasteiger partial charge in [0.2, 0.25) is 6.41 Å². The van der Waals surface area contributed by atoms with Crippen molar-refractivity contribution < 1.29 is 9.59 Å². The van der Waals surface area contributed by atoms with Crippen LogP contribution in [0.4, 0.5) is 4.79 Å². The molecular formula is C9H19N3O2. The highest BCUT2D eigenvalue weighted by Crippen LogP contribution is 1.92. The highest BCUT2D eigenvalue weighted by molar-refractivity contribution is 5.73. The lowest BCUT2D eigenvalue weighted by atomic mass is 10.4. The monoisotopic (exact) mass is 201 g/mol. The molecule has 0 bridgehead atoms. The quantitative estimate of drug-likeness (QED) is 0.621. The molecule has 0 rings (SSSR count). The number of nitrogens with one attached hydrogen (secondary N) is 1. The summed E-state index contributed by atoms with van der Waals surface area (Å²) in [6.45, 7) is 3.87. The predicted octanol–water partition coefficient (Wildman–Crippen LogP) is 0.126. The van der Waals surface area contributed by atoms with E-state index < -0.39 is 0 Å². The van der Waals surface area contributed by atoms with Crippen LogP contribution in [0, 0.1) is 0 Å². The van der Waals surface area contributed by atoms with Crippen LogP contribution in [0.1, 0.15) is 13.3 Å². The third kappa shape index (κ3) is 4.69. The van der Waals surface area contributed by atoms with Gasteiger partial charge in [-0.25, -0.2) is 4.79 Å². The first kappa shape index (κ1) is 12.7. The van der Waals surface area contributed by atoms with E-state index in [4.69, 9.17) is 0 Å². The number of carbonyl (C=O) groups excluding carboxylic acids is 2. The summed E-state index contributed by atoms with van der Waals surface area (Å²) in [7, 11) is 3.30. The molecule has 0 aromatic carbocycles. The molecule has 5 nitrogen and oxygen atoms in total. The van der Waals surface area contributed by atoms with Crippen molar-refractivity contribution in [1.29, 1.82) is 0 Å². The summed E-state index contributed by atoms with van der Waals surface area (Å²) in [5, 5.41) is 2.57. The summed E-state index contributed by atoms with van der Waals surface area (Å²) >= 11 is 0. The molecule has 3 amide bonds. The molecule has 0 saturated carbocycles. The van der Waals surface area contributed by atoms with Crippen LogP contribution in [0.15, 0.2) is 0 Å². The van der Waals surface area contributed by atoms with Crippen molar-refractivity contribution in [3.8, 4) is 0 Å². The van der Waals surface area contributed by atoms with Crippen molar-refractivity contribution in [3.05, 3.63) is 0 Å². The number of rotatable bonds is 6. The Morgan fingerprint density at radius 1 is 1.36 bits per heavy atom. The number of likely N-dealkylation sites (N-methyl/N-ethyl adjacent to an activating group) is 1. The Labute approximate surface area is 85.1 Å². The van der Waals surface area contributed by atoms with Crippen LogP contribution in [-0.4, -0.2) is 56.0 Å². The van der Waals surface area contributed by atoms with E-state index in [0.717, 1.165) is 12.8 Å². The van der Waals surface area contributed by atoms with Crippen molar-refractivity contribution in [2.45, 2.75) is 13.3 Å². The molecule has 0 aliphatic carbocycles. The molecule has 82 valence electrons. The first-order valence-electron chi connectivity index (χ1n) is 4.77. The fraction of sp³-hybridized carbons (Fsp3) is 0.778. The van der Waals surface area contributed by atoms with Crippen molar-refractivity contribution >= 4 is 12.4 Å². The second-order valence-electron chi connectivity index (χ2n) is 3.13. The van der Waals surface area contributed by atoms with Crippen LogP contribution in [-0.2, 0) is 4.79 Å². The third-order valence-corrected chi connectivity index (χ3v) is 1.90. The molecule has 0 heterocycles. The Morgan fingerprint density at radius 3 is 2.43 bits per heavy atom. The van der Waals surface area contributed by atoms with E-state index in [0.29, 0.717) is 19.6 Å². The van der Waals surface area contributed by atoms with Crippen LogP contribution in [0.5, 0.6) is 0 Å². The van der Waals surface area contributed by atoms with Gasteiger partial charge in [0.05, 0.1) is 0 Å². The minimum Gasteiger partial charge on any atom is -0.347 e. The second kappa shape index (κ2) is 7.17. The fourth-order valence-corrected chi connectivity index (χ4v) is 1.07. The van der Waals surface area contributed by atoms with Crippen molar-refractivity contribution in [1.82, 2.24) is 15.1 Å². The van der Waals surface area contributed by atoms with Gasteiger partial charge in [0, 0.05) is 33.7 Å². The zero-order valence-corrected chi connectivity index (χ0v) is 9.12. The maximum Gasteiger partial charge on any atom is 0.317 e. The number of hydrogen-bond acceptors (Lipinski definition) is 2. The zero-order valence-electron chi connectivity index (χ0n) is 9.12. The first-order chi connectivity index (χ1) is 6.65. The maximum atomic E-state index is 11.3. The van der Waals surface area contributed by atoms with Gasteiger partial charge in [-0.2, -0.15) is 0 Å². The van der Waals surface area contributed by atoms with Crippen molar-refractivity contribution in [2.75, 3.05) is 33.7 Å². The summed E-state index contributed by atoms with van der Waals surface area (Å²) in [6.07, 6.45) is 1.67. The Balaban J connectivity index is 3.96. The summed E-state index contributed by atoms with van der Waals surface area (Å²) in [6, 6.07) is -0.0915. The fourth-order valence-electron chi connectivity index (χ4n) is 1.07. The van der Waals surface area contributed by atoms with E-state index in [9.17, 15) is 9.59 Å². The number of nitrogens with zero attached hydrogens (tertiary/aromatic N) is 2. The molecule has 0 fully saturated rings. The molecule has 0 aromatic heterocycles. The molecule has 0 spiro atoms. The summed E-state index contributed by atoms with van der Waals surface area (Å²) < 4.78 is 0. The number of carbonyl (C=O) groups is 2. The van der Waals surface area contributed by atoms with Gasteiger partial charge in [0.25, 0.3) is 0 Å². The van der Waals surface area contributed by atoms with Gasteiger partial charge in [-0.3, -0.25) is 4.79 Å². The van der Waals surface area contributed by atoms with E-state index in [1.54, 1.807) is 19.0 Å². The normalized spacial score (nSPS) is 9.36. The average molecular weight is 201 g/mol. The van der Waals surface area contributed by atoms with E-state index in [2.05, 4.69) is 5.32 Å². The molecule has 0 saturated heterocycles. The van der Waals surface area contributed by atoms with Gasteiger partial charge < -0.3 is 15.1 Å². The van der Waals surface area contributed by atoms with Crippen molar-refractivity contribution in [3.63, 3.8) is 0 Å². The molecule has 0 radical (unpaired) electrons. The van der Waals surface area contributed by atoms with E-state index in [-0.39, 0.29) is 6.03 Å². The lowest BCUT2D eigenvalue weighted by Crippen LogP contribution is -2.42. The van der Waals surface area contributed by atoms with Crippen LogP contribution < -0.4 is 5.32 Å². The van der Waals surface area contributed by atoms with Crippen molar-refractivity contribution in [2.24, 2.45) is 0 Å². The molecule has 0 aliphatic heterocycles. The van der Waals surface area contributed by atoms with E-state index >= 15 is 0 Å². The minimum atomic E-state index is -0.0915. The third-order valence-electron chi connectivity index (χ3n) is 1.90. The standard InChI is InChI=1S/C9H19N3O2/c1-4-5-12(9(14)10-2)7-6-11(3)8-13/h8H,4-7H2,1-3H3,(H,10,14). The molecule has 14 heavy (non-hydrogen) atoms. The summed E-state index contributed by atoms with van der Waals surface area (Å²) in [5.74, 6) is 0. The van der Waals surface area contributed by atoms with Gasteiger partial charge in [-0.1, -0.05) is 6.92 Å². The van der Waals surface area contributed by atoms with Crippen LogP contribution in [0.3, 0.4) is 0 Å². The minimum absolute atomic E-state index is 0.0915. The number of urea groups is 1. The smallest absolute Gasteiger partial charge is 0.317 e. The van der Waals surface area contributed by atoms with Gasteiger partial charge in [-0.05, 0) is 6.42 Å². The van der Waals surface area contributed by atoms with E-state index in [1.807, 2.05) is 6.92 Å². The Morgan fingerprint density at radius 2 is 2.00 bits per heavy atom. The second-order valence-corrected chi connectivity index (χ2v) is 3.13. The molecule has 0 unspecified atom stereocenters. The predicted molar refractivity (Wildman–Crippen MR) is 55.0 cm³/mol. The van der Waals surface area contributed by atoms with Gasteiger partial charge >= 0.3 is 6.03 Å². The molecule has 0 aromatic rings. The highest BCUT2D eigenvalue weighted by atomic mass is 16.2. The molecular weight excluding hydrogens is 182 g/mol. The Bertz CT molecular complexity index is 185. The largest absolute Gasteiger partial charge is 0.347 e. The SMILES string of the molecule is CCCN(CCN(C)C=O)C(=O)NC. The van der Waals surface area contributed by atoms with Gasteiger partial charge in [0.15, 0.2) is 0 Å². The average Bonchev–Trinajstić information content (AvgIpc) is 2.22. The Hall–Kier alpha value is -1.26. The number of amides is 3. The van der Waals surface area contributed by atoms with E-state index in [1.165, 1.54) is 4.90 Å². The van der Waals surface area contributed by atoms with Crippen LogP contribution in [0.25, 0.3) is 0 Å². The molecule has 5 heteroatoms. The first-order valence-corrected chi connectivity index (χ1v) is 4.77.